The third-order valence-corrected chi connectivity index (χ3v) is 3.72. The Balaban J connectivity index is 2.17. The number of hydrogen-bond acceptors (Lipinski definition) is 4. The molecule has 20 heavy (non-hydrogen) atoms. The SMILES string of the molecule is CC(=O)N[C@H](Sc1ccc(C)cc1)C(=O)c1ccco1. The van der Waals surface area contributed by atoms with E-state index in [0.717, 1.165) is 10.5 Å². The first-order valence-corrected chi connectivity index (χ1v) is 7.02. The minimum Gasteiger partial charge on any atom is -0.461 e. The molecule has 2 aromatic rings. The lowest BCUT2D eigenvalue weighted by Gasteiger charge is -2.15. The minimum atomic E-state index is -0.693. The molecule has 1 heterocycles. The Morgan fingerprint density at radius 1 is 1.20 bits per heavy atom. The van der Waals surface area contributed by atoms with Crippen molar-refractivity contribution in [2.45, 2.75) is 24.1 Å². The molecule has 1 aromatic heterocycles. The van der Waals surface area contributed by atoms with Crippen molar-refractivity contribution in [1.29, 1.82) is 0 Å². The predicted molar refractivity (Wildman–Crippen MR) is 77.7 cm³/mol. The standard InChI is InChI=1S/C15H15NO3S/c1-10-5-7-12(8-6-10)20-15(16-11(2)17)14(18)13-4-3-9-19-13/h3-9,15H,1-2H3,(H,16,17)/t15-/m1/s1. The summed E-state index contributed by atoms with van der Waals surface area (Å²) in [5, 5.41) is 1.95. The number of aryl methyl sites for hydroxylation is 1. The van der Waals surface area contributed by atoms with Gasteiger partial charge >= 0.3 is 0 Å². The molecule has 0 fully saturated rings. The van der Waals surface area contributed by atoms with Gasteiger partial charge in [-0.2, -0.15) is 0 Å². The highest BCUT2D eigenvalue weighted by Gasteiger charge is 2.24. The molecule has 1 amide bonds. The van der Waals surface area contributed by atoms with Gasteiger partial charge in [0, 0.05) is 11.8 Å². The van der Waals surface area contributed by atoms with Crippen LogP contribution in [0.1, 0.15) is 23.0 Å². The first-order chi connectivity index (χ1) is 9.56. The summed E-state index contributed by atoms with van der Waals surface area (Å²) in [6, 6.07) is 11.0. The highest BCUT2D eigenvalue weighted by atomic mass is 32.2. The quantitative estimate of drug-likeness (QED) is 0.522. The van der Waals surface area contributed by atoms with Gasteiger partial charge < -0.3 is 9.73 Å². The molecular formula is C15H15NO3S. The van der Waals surface area contributed by atoms with Crippen LogP contribution in [0.5, 0.6) is 0 Å². The maximum Gasteiger partial charge on any atom is 0.230 e. The van der Waals surface area contributed by atoms with Crippen molar-refractivity contribution in [3.05, 3.63) is 54.0 Å². The lowest BCUT2D eigenvalue weighted by atomic mass is 10.2. The van der Waals surface area contributed by atoms with E-state index in [1.54, 1.807) is 12.1 Å². The third-order valence-electron chi connectivity index (χ3n) is 2.61. The zero-order chi connectivity index (χ0) is 14.5. The number of amides is 1. The van der Waals surface area contributed by atoms with Gasteiger partial charge in [-0.3, -0.25) is 9.59 Å². The van der Waals surface area contributed by atoms with E-state index < -0.39 is 5.37 Å². The zero-order valence-electron chi connectivity index (χ0n) is 11.3. The number of furan rings is 1. The first-order valence-electron chi connectivity index (χ1n) is 6.14. The number of Topliss-reactive ketones (excluding diaryl/α,β-unsaturated/α-hetero) is 1. The fourth-order valence-corrected chi connectivity index (χ4v) is 2.65. The summed E-state index contributed by atoms with van der Waals surface area (Å²) in [6.45, 7) is 3.38. The Morgan fingerprint density at radius 2 is 1.90 bits per heavy atom. The summed E-state index contributed by atoms with van der Waals surface area (Å²) < 4.78 is 5.10. The van der Waals surface area contributed by atoms with Gasteiger partial charge in [0.05, 0.1) is 6.26 Å². The fourth-order valence-electron chi connectivity index (χ4n) is 1.63. The molecule has 1 atom stereocenters. The summed E-state index contributed by atoms with van der Waals surface area (Å²) in [5.41, 5.74) is 1.14. The van der Waals surface area contributed by atoms with Crippen molar-refractivity contribution in [2.75, 3.05) is 0 Å². The van der Waals surface area contributed by atoms with Crippen LogP contribution in [-0.4, -0.2) is 17.1 Å². The molecule has 5 heteroatoms. The summed E-state index contributed by atoms with van der Waals surface area (Å²) in [6.07, 6.45) is 1.44. The van der Waals surface area contributed by atoms with Crippen molar-refractivity contribution in [2.24, 2.45) is 0 Å². The Kier molecular flexibility index (Phi) is 4.63. The van der Waals surface area contributed by atoms with Gasteiger partial charge in [0.2, 0.25) is 11.7 Å². The normalized spacial score (nSPS) is 11.9. The number of nitrogens with one attached hydrogen (secondary N) is 1. The molecule has 0 aliphatic heterocycles. The fraction of sp³-hybridized carbons (Fsp3) is 0.200. The highest BCUT2D eigenvalue weighted by Crippen LogP contribution is 2.25. The number of ketones is 1. The molecule has 0 spiro atoms. The van der Waals surface area contributed by atoms with Crippen LogP contribution in [0.2, 0.25) is 0 Å². The molecule has 4 nitrogen and oxygen atoms in total. The Bertz CT molecular complexity index is 590. The first kappa shape index (κ1) is 14.4. The Labute approximate surface area is 121 Å². The second-order valence-electron chi connectivity index (χ2n) is 4.35. The van der Waals surface area contributed by atoms with E-state index in [0.29, 0.717) is 0 Å². The van der Waals surface area contributed by atoms with Crippen LogP contribution < -0.4 is 5.32 Å². The second kappa shape index (κ2) is 6.43. The van der Waals surface area contributed by atoms with Crippen LogP contribution >= 0.6 is 11.8 Å². The number of thioether (sulfide) groups is 1. The zero-order valence-corrected chi connectivity index (χ0v) is 12.1. The van der Waals surface area contributed by atoms with Gasteiger partial charge in [0.1, 0.15) is 5.37 Å². The lowest BCUT2D eigenvalue weighted by Crippen LogP contribution is -2.36. The number of benzene rings is 1. The van der Waals surface area contributed by atoms with Crippen LogP contribution in [-0.2, 0) is 4.79 Å². The van der Waals surface area contributed by atoms with Gasteiger partial charge in [-0.15, -0.1) is 0 Å². The summed E-state index contributed by atoms with van der Waals surface area (Å²) >= 11 is 1.29. The van der Waals surface area contributed by atoms with Crippen molar-refractivity contribution in [1.82, 2.24) is 5.32 Å². The maximum atomic E-state index is 12.3. The molecule has 0 aliphatic carbocycles. The minimum absolute atomic E-state index is 0.239. The molecule has 0 saturated heterocycles. The molecule has 1 N–H and O–H groups in total. The van der Waals surface area contributed by atoms with Crippen LogP contribution in [0.3, 0.4) is 0 Å². The van der Waals surface area contributed by atoms with Gasteiger partial charge in [-0.25, -0.2) is 0 Å². The van der Waals surface area contributed by atoms with Crippen molar-refractivity contribution < 1.29 is 14.0 Å². The Morgan fingerprint density at radius 3 is 2.45 bits per heavy atom. The van der Waals surface area contributed by atoms with E-state index in [1.165, 1.54) is 24.9 Å². The average Bonchev–Trinajstić information content (AvgIpc) is 2.93. The molecule has 0 aliphatic rings. The van der Waals surface area contributed by atoms with Crippen LogP contribution in [0.15, 0.2) is 52.0 Å². The topological polar surface area (TPSA) is 59.3 Å². The highest BCUT2D eigenvalue weighted by molar-refractivity contribution is 8.00. The summed E-state index contributed by atoms with van der Waals surface area (Å²) in [4.78, 5) is 24.5. The molecular weight excluding hydrogens is 274 g/mol. The number of carbonyl (C=O) groups is 2. The number of hydrogen-bond donors (Lipinski definition) is 1. The van der Waals surface area contributed by atoms with Gasteiger partial charge in [0.25, 0.3) is 0 Å². The summed E-state index contributed by atoms with van der Waals surface area (Å²) in [7, 11) is 0. The van der Waals surface area contributed by atoms with Crippen molar-refractivity contribution in [3.8, 4) is 0 Å². The van der Waals surface area contributed by atoms with Crippen molar-refractivity contribution >= 4 is 23.5 Å². The number of carbonyl (C=O) groups excluding carboxylic acids is 2. The molecule has 2 rings (SSSR count). The smallest absolute Gasteiger partial charge is 0.230 e. The van der Waals surface area contributed by atoms with E-state index in [9.17, 15) is 9.59 Å². The van der Waals surface area contributed by atoms with Gasteiger partial charge in [-0.05, 0) is 31.2 Å². The van der Waals surface area contributed by atoms with E-state index in [4.69, 9.17) is 4.42 Å². The van der Waals surface area contributed by atoms with Crippen molar-refractivity contribution in [3.63, 3.8) is 0 Å². The second-order valence-corrected chi connectivity index (χ2v) is 5.53. The maximum absolute atomic E-state index is 12.3. The third kappa shape index (κ3) is 3.74. The molecule has 104 valence electrons. The molecule has 0 radical (unpaired) electrons. The largest absolute Gasteiger partial charge is 0.461 e. The predicted octanol–water partition coefficient (Wildman–Crippen LogP) is 3.03. The van der Waals surface area contributed by atoms with E-state index in [-0.39, 0.29) is 17.5 Å². The number of rotatable bonds is 5. The molecule has 0 unspecified atom stereocenters. The van der Waals surface area contributed by atoms with Crippen LogP contribution in [0.4, 0.5) is 0 Å². The van der Waals surface area contributed by atoms with Gasteiger partial charge in [-0.1, -0.05) is 29.5 Å². The van der Waals surface area contributed by atoms with Gasteiger partial charge in [0.15, 0.2) is 5.76 Å². The lowest BCUT2D eigenvalue weighted by molar-refractivity contribution is -0.119. The molecule has 0 bridgehead atoms. The monoisotopic (exact) mass is 289 g/mol. The van der Waals surface area contributed by atoms with Crippen LogP contribution in [0, 0.1) is 6.92 Å². The molecule has 1 aromatic carbocycles. The van der Waals surface area contributed by atoms with Crippen LogP contribution in [0.25, 0.3) is 0 Å². The average molecular weight is 289 g/mol. The Hall–Kier alpha value is -2.01. The van der Waals surface area contributed by atoms with E-state index in [2.05, 4.69) is 5.32 Å². The summed E-state index contributed by atoms with van der Waals surface area (Å²) in [5.74, 6) is -0.270. The molecule has 0 saturated carbocycles. The van der Waals surface area contributed by atoms with E-state index in [1.807, 2.05) is 31.2 Å². The van der Waals surface area contributed by atoms with E-state index >= 15 is 0 Å².